The van der Waals surface area contributed by atoms with Crippen molar-refractivity contribution >= 4 is 45.6 Å². The normalized spacial score (nSPS) is 15.4. The Bertz CT molecular complexity index is 2200. The van der Waals surface area contributed by atoms with Crippen LogP contribution in [-0.4, -0.2) is 57.7 Å². The number of carboxylic acids is 1. The zero-order valence-electron chi connectivity index (χ0n) is 32.9. The molecular formula is C42H45BrO12. The molecule has 3 N–H and O–H groups in total. The average Bonchev–Trinajstić information content (AvgIpc) is 3.09. The number of hydrogen-bond acceptors (Lipinski definition) is 11. The molecule has 0 radical (unpaired) electrons. The molecule has 13 heteroatoms. The zero-order valence-corrected chi connectivity index (χ0v) is 34.5. The number of carboxylic acid groups (broad SMARTS) is 1. The van der Waals surface area contributed by atoms with E-state index >= 15 is 0 Å². The number of phenols is 1. The Hall–Kier alpha value is -5.27. The Morgan fingerprint density at radius 2 is 1.27 bits per heavy atom. The lowest BCUT2D eigenvalue weighted by Crippen LogP contribution is -2.47. The highest BCUT2D eigenvalue weighted by Crippen LogP contribution is 2.44. The molecule has 0 aliphatic heterocycles. The van der Waals surface area contributed by atoms with Crippen LogP contribution in [0.15, 0.2) is 34.0 Å². The second-order valence-corrected chi connectivity index (χ2v) is 15.0. The van der Waals surface area contributed by atoms with Gasteiger partial charge in [-0.05, 0) is 158 Å². The monoisotopic (exact) mass is 820 g/mol. The average molecular weight is 822 g/mol. The molecule has 0 saturated carbocycles. The van der Waals surface area contributed by atoms with E-state index in [9.17, 15) is 39.3 Å². The van der Waals surface area contributed by atoms with E-state index in [0.717, 1.165) is 12.2 Å². The number of aliphatic hydroxyl groups is 1. The molecule has 3 aromatic rings. The highest BCUT2D eigenvalue weighted by atomic mass is 79.9. The van der Waals surface area contributed by atoms with Gasteiger partial charge >= 0.3 is 23.9 Å². The molecule has 0 saturated heterocycles. The Morgan fingerprint density at radius 3 is 1.80 bits per heavy atom. The summed E-state index contributed by atoms with van der Waals surface area (Å²) in [7, 11) is 1.19. The van der Waals surface area contributed by atoms with E-state index in [-0.39, 0.29) is 66.8 Å². The fourth-order valence-electron chi connectivity index (χ4n) is 6.81. The Morgan fingerprint density at radius 1 is 0.745 bits per heavy atom. The third kappa shape index (κ3) is 7.55. The second kappa shape index (κ2) is 15.8. The van der Waals surface area contributed by atoms with Crippen LogP contribution in [0.25, 0.3) is 0 Å². The van der Waals surface area contributed by atoms with Gasteiger partial charge in [0.05, 0.1) is 18.2 Å². The minimum atomic E-state index is -2.43. The van der Waals surface area contributed by atoms with Crippen LogP contribution >= 0.6 is 15.9 Å². The summed E-state index contributed by atoms with van der Waals surface area (Å²) in [6.07, 6.45) is 2.45. The number of aryl methyl sites for hydroxylation is 1. The van der Waals surface area contributed by atoms with Crippen molar-refractivity contribution in [2.75, 3.05) is 7.11 Å². The number of aromatic hydroxyl groups is 1. The first-order chi connectivity index (χ1) is 25.5. The molecule has 3 aromatic carbocycles. The quantitative estimate of drug-likeness (QED) is 0.134. The summed E-state index contributed by atoms with van der Waals surface area (Å²) >= 11 is 3.24. The van der Waals surface area contributed by atoms with Crippen LogP contribution in [0.4, 0.5) is 0 Å². The largest absolute Gasteiger partial charge is 0.506 e. The smallest absolute Gasteiger partial charge is 0.356 e. The highest BCUT2D eigenvalue weighted by molar-refractivity contribution is 9.10. The SMILES string of the molecule is COC1=CC(=O)C=C(C)[C@]1(O)C(=O)Oc1c(C)c(C)c(C(=O)Oc2cc(C)c(C(=O)Oc3c(C)c(C)c(C(=O)O)c(C)c3C)c(C)c2CC(C)C)c(O)c1Br. The minimum Gasteiger partial charge on any atom is -0.506 e. The summed E-state index contributed by atoms with van der Waals surface area (Å²) in [5.74, 6) is -4.99. The number of hydrogen-bond donors (Lipinski definition) is 3. The van der Waals surface area contributed by atoms with E-state index in [0.29, 0.717) is 45.4 Å². The lowest BCUT2D eigenvalue weighted by Gasteiger charge is -2.30. The molecule has 4 rings (SSSR count). The molecule has 0 bridgehead atoms. The highest BCUT2D eigenvalue weighted by Gasteiger charge is 2.48. The summed E-state index contributed by atoms with van der Waals surface area (Å²) in [6.45, 7) is 18.5. The third-order valence-electron chi connectivity index (χ3n) is 10.2. The first-order valence-corrected chi connectivity index (χ1v) is 18.2. The van der Waals surface area contributed by atoms with E-state index in [1.54, 1.807) is 54.5 Å². The van der Waals surface area contributed by atoms with Crippen molar-refractivity contribution in [1.82, 2.24) is 0 Å². The summed E-state index contributed by atoms with van der Waals surface area (Å²) in [6, 6.07) is 1.56. The van der Waals surface area contributed by atoms with Gasteiger partial charge in [0.15, 0.2) is 11.5 Å². The molecule has 0 fully saturated rings. The van der Waals surface area contributed by atoms with E-state index in [4.69, 9.17) is 18.9 Å². The van der Waals surface area contributed by atoms with Gasteiger partial charge in [-0.3, -0.25) is 4.79 Å². The predicted molar refractivity (Wildman–Crippen MR) is 206 cm³/mol. The summed E-state index contributed by atoms with van der Waals surface area (Å²) in [5, 5.41) is 32.4. The molecule has 0 aromatic heterocycles. The summed E-state index contributed by atoms with van der Waals surface area (Å²) < 4.78 is 22.5. The van der Waals surface area contributed by atoms with Gasteiger partial charge in [0.1, 0.15) is 33.0 Å². The molecule has 0 amide bonds. The Kier molecular flexibility index (Phi) is 12.2. The van der Waals surface area contributed by atoms with E-state index in [1.165, 1.54) is 21.0 Å². The van der Waals surface area contributed by atoms with Crippen molar-refractivity contribution in [2.45, 2.75) is 88.2 Å². The zero-order chi connectivity index (χ0) is 41.6. The minimum absolute atomic E-state index is 0.0383. The number of rotatable bonds is 10. The van der Waals surface area contributed by atoms with Gasteiger partial charge in [-0.2, -0.15) is 0 Å². The van der Waals surface area contributed by atoms with E-state index in [2.05, 4.69) is 15.9 Å². The van der Waals surface area contributed by atoms with Crippen molar-refractivity contribution in [1.29, 1.82) is 0 Å². The number of carbonyl (C=O) groups excluding carboxylic acids is 4. The number of benzene rings is 3. The van der Waals surface area contributed by atoms with Crippen LogP contribution in [0.5, 0.6) is 23.0 Å². The Labute approximate surface area is 327 Å². The van der Waals surface area contributed by atoms with Gasteiger partial charge in [-0.15, -0.1) is 0 Å². The third-order valence-corrected chi connectivity index (χ3v) is 11.0. The Balaban J connectivity index is 1.74. The molecule has 12 nitrogen and oxygen atoms in total. The second-order valence-electron chi connectivity index (χ2n) is 14.2. The number of ketones is 1. The molecule has 1 aliphatic carbocycles. The van der Waals surface area contributed by atoms with Gasteiger partial charge in [-0.25, -0.2) is 19.2 Å². The van der Waals surface area contributed by atoms with Crippen LogP contribution in [-0.2, 0) is 20.7 Å². The predicted octanol–water partition coefficient (Wildman–Crippen LogP) is 7.65. The van der Waals surface area contributed by atoms with Crippen molar-refractivity contribution in [3.63, 3.8) is 0 Å². The first kappa shape index (κ1) is 42.5. The van der Waals surface area contributed by atoms with Gasteiger partial charge in [-0.1, -0.05) is 13.8 Å². The van der Waals surface area contributed by atoms with Crippen LogP contribution < -0.4 is 14.2 Å². The summed E-state index contributed by atoms with van der Waals surface area (Å²) in [4.78, 5) is 65.2. The van der Waals surface area contributed by atoms with Crippen LogP contribution in [0.1, 0.15) is 102 Å². The molecule has 0 spiro atoms. The summed E-state index contributed by atoms with van der Waals surface area (Å²) in [5.41, 5.74) is 1.75. The lowest BCUT2D eigenvalue weighted by atomic mass is 9.87. The van der Waals surface area contributed by atoms with Gasteiger partial charge in [0, 0.05) is 6.08 Å². The van der Waals surface area contributed by atoms with Crippen molar-refractivity contribution in [2.24, 2.45) is 5.92 Å². The van der Waals surface area contributed by atoms with Crippen LogP contribution in [0.2, 0.25) is 0 Å². The molecule has 1 aliphatic rings. The molecule has 55 heavy (non-hydrogen) atoms. The maximum Gasteiger partial charge on any atom is 0.356 e. The lowest BCUT2D eigenvalue weighted by molar-refractivity contribution is -0.151. The number of esters is 3. The number of allylic oxidation sites excluding steroid dienone is 2. The van der Waals surface area contributed by atoms with E-state index < -0.39 is 41.0 Å². The van der Waals surface area contributed by atoms with Crippen molar-refractivity contribution in [3.05, 3.63) is 101 Å². The number of phenolic OH excluding ortho intramolecular Hbond substituents is 1. The molecule has 0 unspecified atom stereocenters. The molecule has 0 heterocycles. The molecular weight excluding hydrogens is 776 g/mol. The topological polar surface area (TPSA) is 183 Å². The number of carbonyl (C=O) groups is 5. The number of methoxy groups -OCH3 is 1. The van der Waals surface area contributed by atoms with Crippen molar-refractivity contribution in [3.8, 4) is 23.0 Å². The molecule has 1 atom stereocenters. The first-order valence-electron chi connectivity index (χ1n) is 17.4. The fraction of sp³-hybridized carbons (Fsp3) is 0.357. The maximum atomic E-state index is 13.9. The van der Waals surface area contributed by atoms with E-state index in [1.807, 2.05) is 13.8 Å². The fourth-order valence-corrected chi connectivity index (χ4v) is 7.39. The van der Waals surface area contributed by atoms with Gasteiger partial charge in [0.25, 0.3) is 0 Å². The van der Waals surface area contributed by atoms with Gasteiger partial charge < -0.3 is 34.3 Å². The van der Waals surface area contributed by atoms with Gasteiger partial charge in [0.2, 0.25) is 5.60 Å². The standard InChI is InChI=1S/C42H45BrO12/c1-17(2)13-28-26(11)31(39(48)54-36-23(8)20(5)32(38(46)47)21(6)24(36)9)18(3)14-29(28)53-40(49)33-22(7)25(10)37(34(43)35(33)45)55-41(50)42(51)19(4)15-27(44)16-30(42)52-12/h14-17,45,51H,13H2,1-12H3,(H,46,47)/t42-/m1/s1. The number of halogens is 1. The number of ether oxygens (including phenoxy) is 4. The molecule has 292 valence electrons. The van der Waals surface area contributed by atoms with Crippen molar-refractivity contribution < 1.29 is 58.2 Å². The maximum absolute atomic E-state index is 13.9. The van der Waals surface area contributed by atoms with Crippen LogP contribution in [0, 0.1) is 61.3 Å². The number of aromatic carboxylic acids is 1. The van der Waals surface area contributed by atoms with Crippen LogP contribution in [0.3, 0.4) is 0 Å².